The highest BCUT2D eigenvalue weighted by molar-refractivity contribution is 7.50. The number of imide groups is 1. The van der Waals surface area contributed by atoms with E-state index in [1.165, 1.54) is 30.3 Å². The van der Waals surface area contributed by atoms with E-state index in [4.69, 9.17) is 11.6 Å². The van der Waals surface area contributed by atoms with E-state index in [2.05, 4.69) is 5.32 Å². The van der Waals surface area contributed by atoms with Crippen molar-refractivity contribution in [2.75, 3.05) is 0 Å². The highest BCUT2D eigenvalue weighted by Crippen LogP contribution is 2.43. The molecule has 4 rings (SSSR count). The molecule has 1 aliphatic rings. The fourth-order valence-corrected chi connectivity index (χ4v) is 4.12. The molecule has 0 bridgehead atoms. The average molecular weight is 468 g/mol. The van der Waals surface area contributed by atoms with Crippen LogP contribution in [0.5, 0.6) is 0 Å². The molecule has 0 spiro atoms. The average Bonchev–Trinajstić information content (AvgIpc) is 3.17. The van der Waals surface area contributed by atoms with Gasteiger partial charge in [-0.15, -0.1) is 0 Å². The minimum Gasteiger partial charge on any atom is -0.308 e. The molecule has 160 valence electrons. The summed E-state index contributed by atoms with van der Waals surface area (Å²) in [4.78, 5) is 45.0. The largest absolute Gasteiger partial charge is 0.434 e. The molecule has 3 aromatic rings. The third kappa shape index (κ3) is 3.98. The molecule has 1 fully saturated rings. The normalized spacial score (nSPS) is 15.9. The number of benzene rings is 2. The van der Waals surface area contributed by atoms with Crippen molar-refractivity contribution >= 4 is 48.3 Å². The summed E-state index contributed by atoms with van der Waals surface area (Å²) in [5.41, 5.74) is 0.458. The summed E-state index contributed by atoms with van der Waals surface area (Å²) in [6, 6.07) is 6.65. The van der Waals surface area contributed by atoms with Gasteiger partial charge in [0, 0.05) is 22.2 Å². The number of carbonyl (C=O) groups is 2. The first-order valence-electron chi connectivity index (χ1n) is 8.70. The number of amides is 3. The molecule has 0 unspecified atom stereocenters. The number of hydrogen-bond donors (Lipinski definition) is 3. The number of rotatable bonds is 4. The number of halogens is 3. The van der Waals surface area contributed by atoms with Gasteiger partial charge in [-0.05, 0) is 35.9 Å². The first-order valence-corrected chi connectivity index (χ1v) is 10.6. The summed E-state index contributed by atoms with van der Waals surface area (Å²) in [5, 5.41) is 3.02. The van der Waals surface area contributed by atoms with Crippen LogP contribution in [0, 0.1) is 11.6 Å². The van der Waals surface area contributed by atoms with E-state index < -0.39 is 31.3 Å². The van der Waals surface area contributed by atoms with Gasteiger partial charge in [0.05, 0.1) is 12.1 Å². The Morgan fingerprint density at radius 2 is 1.84 bits per heavy atom. The monoisotopic (exact) mass is 467 g/mol. The molecule has 31 heavy (non-hydrogen) atoms. The predicted molar refractivity (Wildman–Crippen MR) is 108 cm³/mol. The van der Waals surface area contributed by atoms with Crippen LogP contribution in [-0.2, 0) is 15.9 Å². The number of carbonyl (C=O) groups excluding carboxylic acids is 2. The van der Waals surface area contributed by atoms with Crippen LogP contribution in [0.1, 0.15) is 11.1 Å². The van der Waals surface area contributed by atoms with Crippen molar-refractivity contribution in [1.29, 1.82) is 0 Å². The fraction of sp³-hybridized carbons (Fsp3) is 0.0526. The molecule has 2 aromatic carbocycles. The van der Waals surface area contributed by atoms with Gasteiger partial charge >= 0.3 is 13.8 Å². The maximum absolute atomic E-state index is 13.4. The highest BCUT2D eigenvalue weighted by Gasteiger charge is 2.34. The number of aromatic nitrogens is 1. The van der Waals surface area contributed by atoms with Crippen molar-refractivity contribution in [3.05, 3.63) is 76.1 Å². The van der Waals surface area contributed by atoms with Gasteiger partial charge in [-0.1, -0.05) is 23.7 Å². The molecule has 0 radical (unpaired) electrons. The molecule has 1 saturated heterocycles. The Bertz CT molecular complexity index is 1330. The van der Waals surface area contributed by atoms with Gasteiger partial charge in [0.2, 0.25) is 0 Å². The van der Waals surface area contributed by atoms with Gasteiger partial charge in [-0.3, -0.25) is 14.0 Å². The van der Waals surface area contributed by atoms with Crippen molar-refractivity contribution in [3.8, 4) is 0 Å². The SMILES string of the molecule is O=C1NC(=Cc2cn(P(=O)(O)O)c3cc(Cl)ccc23)C(=O)N1Cc1ccc(F)c(F)c1. The number of fused-ring (bicyclic) bond motifs is 1. The van der Waals surface area contributed by atoms with Crippen LogP contribution in [0.4, 0.5) is 13.6 Å². The first-order chi connectivity index (χ1) is 14.5. The maximum atomic E-state index is 13.4. The second kappa shape index (κ2) is 7.58. The van der Waals surface area contributed by atoms with Crippen LogP contribution in [-0.4, -0.2) is 31.0 Å². The summed E-state index contributed by atoms with van der Waals surface area (Å²) in [5.74, 6) is -2.90. The van der Waals surface area contributed by atoms with Gasteiger partial charge in [-0.2, -0.15) is 0 Å². The zero-order valence-corrected chi connectivity index (χ0v) is 17.1. The lowest BCUT2D eigenvalue weighted by Gasteiger charge is -2.11. The summed E-state index contributed by atoms with van der Waals surface area (Å²) in [6.45, 7) is -0.293. The second-order valence-corrected chi connectivity index (χ2v) is 8.63. The Balaban J connectivity index is 1.70. The topological polar surface area (TPSA) is 112 Å². The fourth-order valence-electron chi connectivity index (χ4n) is 3.23. The minimum atomic E-state index is -4.72. The lowest BCUT2D eigenvalue weighted by Crippen LogP contribution is -2.30. The van der Waals surface area contributed by atoms with Crippen LogP contribution < -0.4 is 5.32 Å². The van der Waals surface area contributed by atoms with Crippen molar-refractivity contribution in [2.45, 2.75) is 6.54 Å². The molecule has 0 atom stereocenters. The third-order valence-corrected chi connectivity index (χ3v) is 5.77. The predicted octanol–water partition coefficient (Wildman–Crippen LogP) is 3.61. The number of urea groups is 1. The Morgan fingerprint density at radius 3 is 2.52 bits per heavy atom. The van der Waals surface area contributed by atoms with E-state index in [0.29, 0.717) is 5.39 Å². The van der Waals surface area contributed by atoms with E-state index in [0.717, 1.165) is 27.6 Å². The Hall–Kier alpha value is -3.04. The minimum absolute atomic E-state index is 0.142. The zero-order chi connectivity index (χ0) is 22.5. The van der Waals surface area contributed by atoms with Gasteiger partial charge in [-0.25, -0.2) is 18.1 Å². The molecular weight excluding hydrogens is 455 g/mol. The molecule has 3 amide bonds. The summed E-state index contributed by atoms with van der Waals surface area (Å²) < 4.78 is 39.1. The third-order valence-electron chi connectivity index (χ3n) is 4.65. The van der Waals surface area contributed by atoms with Gasteiger partial charge in [0.15, 0.2) is 11.6 Å². The first kappa shape index (κ1) is 21.2. The molecule has 0 aliphatic carbocycles. The number of hydrogen-bond acceptors (Lipinski definition) is 3. The molecule has 1 aliphatic heterocycles. The van der Waals surface area contributed by atoms with Crippen molar-refractivity contribution in [1.82, 2.24) is 14.6 Å². The lowest BCUT2D eigenvalue weighted by atomic mass is 10.1. The Morgan fingerprint density at radius 1 is 1.10 bits per heavy atom. The molecular formula is C19H13ClF2N3O5P. The molecule has 2 heterocycles. The van der Waals surface area contributed by atoms with Crippen LogP contribution in [0.2, 0.25) is 5.02 Å². The van der Waals surface area contributed by atoms with E-state index in [9.17, 15) is 32.7 Å². The van der Waals surface area contributed by atoms with E-state index in [1.807, 2.05) is 0 Å². The van der Waals surface area contributed by atoms with Crippen LogP contribution >= 0.6 is 19.3 Å². The zero-order valence-electron chi connectivity index (χ0n) is 15.4. The van der Waals surface area contributed by atoms with Gasteiger partial charge < -0.3 is 15.1 Å². The molecule has 1 aromatic heterocycles. The Kier molecular flexibility index (Phi) is 5.18. The van der Waals surface area contributed by atoms with E-state index in [1.54, 1.807) is 0 Å². The lowest BCUT2D eigenvalue weighted by molar-refractivity contribution is -0.123. The van der Waals surface area contributed by atoms with Crippen LogP contribution in [0.15, 0.2) is 48.3 Å². The highest BCUT2D eigenvalue weighted by atomic mass is 35.5. The number of nitrogens with one attached hydrogen (secondary N) is 1. The molecule has 3 N–H and O–H groups in total. The van der Waals surface area contributed by atoms with E-state index >= 15 is 0 Å². The summed E-state index contributed by atoms with van der Waals surface area (Å²) >= 11 is 5.93. The number of nitrogens with zero attached hydrogens (tertiary/aromatic N) is 2. The van der Waals surface area contributed by atoms with Gasteiger partial charge in [0.25, 0.3) is 5.91 Å². The Labute approximate surface area is 178 Å². The van der Waals surface area contributed by atoms with Crippen molar-refractivity contribution < 1.29 is 32.7 Å². The smallest absolute Gasteiger partial charge is 0.308 e. The second-order valence-electron chi connectivity index (χ2n) is 6.73. The standard InChI is InChI=1S/C19H13ClF2N3O5P/c20-12-2-3-13-11(9-25(17(13)7-12)31(28,29)30)6-16-18(26)24(19(27)23-16)8-10-1-4-14(21)15(22)5-10/h1-7,9H,8H2,(H,23,27)(H2,28,29,30). The van der Waals surface area contributed by atoms with Gasteiger partial charge in [0.1, 0.15) is 5.70 Å². The van der Waals surface area contributed by atoms with Crippen LogP contribution in [0.3, 0.4) is 0 Å². The molecule has 12 heteroatoms. The molecule has 8 nitrogen and oxygen atoms in total. The quantitative estimate of drug-likeness (QED) is 0.308. The van der Waals surface area contributed by atoms with Crippen molar-refractivity contribution in [3.63, 3.8) is 0 Å². The summed E-state index contributed by atoms with van der Waals surface area (Å²) in [7, 11) is -4.72. The molecule has 0 saturated carbocycles. The van der Waals surface area contributed by atoms with Crippen LogP contribution in [0.25, 0.3) is 17.0 Å². The van der Waals surface area contributed by atoms with Crippen molar-refractivity contribution in [2.24, 2.45) is 0 Å². The summed E-state index contributed by atoms with van der Waals surface area (Å²) in [6.07, 6.45) is 2.42. The van der Waals surface area contributed by atoms with E-state index in [-0.39, 0.29) is 33.9 Å². The maximum Gasteiger partial charge on any atom is 0.434 e.